The number of ether oxygens (including phenoxy) is 3. The Kier molecular flexibility index (Phi) is 5.20. The van der Waals surface area contributed by atoms with Crippen molar-refractivity contribution in [2.75, 3.05) is 13.4 Å². The molecule has 9 atom stereocenters. The largest absolute Gasteiger partial charge is 0.392 e. The maximum Gasteiger partial charge on any atom is 0.193 e. The van der Waals surface area contributed by atoms with E-state index >= 15 is 0 Å². The smallest absolute Gasteiger partial charge is 0.193 e. The van der Waals surface area contributed by atoms with E-state index in [0.717, 1.165) is 18.4 Å². The molecule has 0 spiro atoms. The molecule has 182 valence electrons. The Bertz CT molecular complexity index is 937. The van der Waals surface area contributed by atoms with Crippen LogP contribution in [0.1, 0.15) is 60.8 Å². The van der Waals surface area contributed by atoms with Gasteiger partial charge in [-0.05, 0) is 63.0 Å². The average molecular weight is 459 g/mol. The summed E-state index contributed by atoms with van der Waals surface area (Å²) in [5.74, 6) is 0.493. The molecule has 1 N–H and O–H groups in total. The summed E-state index contributed by atoms with van der Waals surface area (Å²) in [5, 5.41) is 11.9. The molecule has 5 aliphatic rings. The molecule has 1 heterocycles. The number of fused-ring (bicyclic) bond motifs is 7. The fourth-order valence-electron chi connectivity index (χ4n) is 8.56. The van der Waals surface area contributed by atoms with Crippen LogP contribution in [-0.4, -0.2) is 54.0 Å². The summed E-state index contributed by atoms with van der Waals surface area (Å²) in [7, 11) is 0. The van der Waals surface area contributed by atoms with Gasteiger partial charge in [0.05, 0.1) is 18.3 Å². The first-order valence-electron chi connectivity index (χ1n) is 12.5. The molecule has 0 radical (unpaired) electrons. The van der Waals surface area contributed by atoms with E-state index in [9.17, 15) is 14.7 Å². The van der Waals surface area contributed by atoms with Crippen molar-refractivity contribution in [3.05, 3.63) is 23.8 Å². The second-order valence-corrected chi connectivity index (χ2v) is 12.0. The van der Waals surface area contributed by atoms with Crippen LogP contribution in [0, 0.1) is 34.0 Å². The average Bonchev–Trinajstić information content (AvgIpc) is 3.27. The van der Waals surface area contributed by atoms with Gasteiger partial charge in [0.15, 0.2) is 17.2 Å². The van der Waals surface area contributed by atoms with Gasteiger partial charge in [0.1, 0.15) is 13.4 Å². The van der Waals surface area contributed by atoms with Gasteiger partial charge in [-0.2, -0.15) is 0 Å². The van der Waals surface area contributed by atoms with Gasteiger partial charge in [-0.1, -0.05) is 39.3 Å². The van der Waals surface area contributed by atoms with Crippen LogP contribution in [0.5, 0.6) is 0 Å². The normalized spacial score (nSPS) is 50.5. The van der Waals surface area contributed by atoms with Crippen molar-refractivity contribution in [3.8, 4) is 0 Å². The predicted molar refractivity (Wildman–Crippen MR) is 122 cm³/mol. The first-order valence-corrected chi connectivity index (χ1v) is 12.5. The van der Waals surface area contributed by atoms with Crippen molar-refractivity contribution >= 4 is 11.6 Å². The maximum absolute atomic E-state index is 13.7. The number of allylic oxidation sites excluding steroid dienone is 4. The summed E-state index contributed by atoms with van der Waals surface area (Å²) in [4.78, 5) is 25.9. The van der Waals surface area contributed by atoms with Gasteiger partial charge in [-0.3, -0.25) is 9.59 Å². The number of ketones is 2. The van der Waals surface area contributed by atoms with Crippen LogP contribution in [0.4, 0.5) is 0 Å². The Morgan fingerprint density at radius 1 is 1.24 bits per heavy atom. The molecular weight excluding hydrogens is 420 g/mol. The molecule has 6 nitrogen and oxygen atoms in total. The molecule has 5 rings (SSSR count). The number of aliphatic hydroxyl groups excluding tert-OH is 1. The van der Waals surface area contributed by atoms with Crippen molar-refractivity contribution in [3.63, 3.8) is 0 Å². The monoisotopic (exact) mass is 458 g/mol. The molecule has 5 unspecified atom stereocenters. The van der Waals surface area contributed by atoms with Crippen LogP contribution >= 0.6 is 0 Å². The molecule has 0 aromatic carbocycles. The molecule has 0 aromatic rings. The van der Waals surface area contributed by atoms with E-state index in [1.807, 2.05) is 19.9 Å². The minimum atomic E-state index is -1.09. The highest BCUT2D eigenvalue weighted by atomic mass is 16.7. The zero-order valence-corrected chi connectivity index (χ0v) is 20.7. The molecule has 4 fully saturated rings. The van der Waals surface area contributed by atoms with Gasteiger partial charge < -0.3 is 19.3 Å². The van der Waals surface area contributed by atoms with Crippen molar-refractivity contribution in [1.82, 2.24) is 0 Å². The fraction of sp³-hybridized carbons (Fsp3) is 0.778. The second-order valence-electron chi connectivity index (χ2n) is 12.0. The molecule has 1 saturated heterocycles. The molecule has 6 heteroatoms. The van der Waals surface area contributed by atoms with Crippen LogP contribution in [0.3, 0.4) is 0 Å². The topological polar surface area (TPSA) is 82.1 Å². The summed E-state index contributed by atoms with van der Waals surface area (Å²) in [6.45, 7) is 12.6. The number of carbonyl (C=O) groups is 2. The van der Waals surface area contributed by atoms with Crippen molar-refractivity contribution in [1.29, 1.82) is 0 Å². The number of rotatable bonds is 4. The molecule has 1 aliphatic heterocycles. The van der Waals surface area contributed by atoms with Gasteiger partial charge in [0.2, 0.25) is 0 Å². The highest BCUT2D eigenvalue weighted by Gasteiger charge is 2.77. The lowest BCUT2D eigenvalue weighted by Gasteiger charge is -2.66. The van der Waals surface area contributed by atoms with Crippen LogP contribution in [-0.2, 0) is 23.8 Å². The van der Waals surface area contributed by atoms with E-state index in [1.54, 1.807) is 12.2 Å². The number of hydrogen-bond acceptors (Lipinski definition) is 6. The molecule has 4 aliphatic carbocycles. The Morgan fingerprint density at radius 3 is 2.67 bits per heavy atom. The molecule has 0 bridgehead atoms. The number of aliphatic hydroxyl groups is 1. The molecule has 33 heavy (non-hydrogen) atoms. The van der Waals surface area contributed by atoms with Crippen molar-refractivity contribution < 1.29 is 28.9 Å². The van der Waals surface area contributed by atoms with E-state index in [2.05, 4.69) is 27.7 Å². The Morgan fingerprint density at radius 2 is 1.97 bits per heavy atom. The number of carbonyl (C=O) groups excluding carboxylic acids is 2. The maximum atomic E-state index is 13.7. The van der Waals surface area contributed by atoms with Crippen LogP contribution in [0.15, 0.2) is 23.8 Å². The Hall–Kier alpha value is -1.34. The van der Waals surface area contributed by atoms with E-state index in [4.69, 9.17) is 14.2 Å². The highest BCUT2D eigenvalue weighted by Crippen LogP contribution is 2.73. The first-order chi connectivity index (χ1) is 15.4. The third kappa shape index (κ3) is 2.75. The van der Waals surface area contributed by atoms with Crippen molar-refractivity contribution in [2.24, 2.45) is 34.0 Å². The second kappa shape index (κ2) is 7.33. The van der Waals surface area contributed by atoms with Gasteiger partial charge in [0.25, 0.3) is 0 Å². The third-order valence-electron chi connectivity index (χ3n) is 10.4. The summed E-state index contributed by atoms with van der Waals surface area (Å²) in [5.41, 5.74) is -1.39. The van der Waals surface area contributed by atoms with Gasteiger partial charge >= 0.3 is 0 Å². The number of Topliss-reactive ketones (excluding diaryl/α,β-unsaturated/α-hetero) is 1. The summed E-state index contributed by atoms with van der Waals surface area (Å²) in [6, 6.07) is 0. The zero-order valence-electron chi connectivity index (χ0n) is 20.7. The molecule has 3 saturated carbocycles. The van der Waals surface area contributed by atoms with E-state index in [0.29, 0.717) is 6.42 Å². The predicted octanol–water partition coefficient (Wildman–Crippen LogP) is 3.62. The minimum absolute atomic E-state index is 0.0102. The number of hydrogen-bond donors (Lipinski definition) is 1. The minimum Gasteiger partial charge on any atom is -0.392 e. The quantitative estimate of drug-likeness (QED) is 0.693. The molecular formula is C27H38O6. The third-order valence-corrected chi connectivity index (χ3v) is 10.4. The molecule has 0 amide bonds. The van der Waals surface area contributed by atoms with Crippen molar-refractivity contribution in [2.45, 2.75) is 84.7 Å². The first kappa shape index (κ1) is 23.4. The van der Waals surface area contributed by atoms with Crippen LogP contribution in [0.2, 0.25) is 0 Å². The summed E-state index contributed by atoms with van der Waals surface area (Å²) < 4.78 is 18.0. The SMILES string of the molecule is CC(C)OCC(=O)[C@@]12OCO[C@@H]1CC1C3C[C@H](C)C4=CC(=O)C=CC4(C)[C@@]3(C)C(O)CC12C. The van der Waals surface area contributed by atoms with Crippen LogP contribution < -0.4 is 0 Å². The Balaban J connectivity index is 1.59. The lowest BCUT2D eigenvalue weighted by Crippen LogP contribution is -2.67. The van der Waals surface area contributed by atoms with E-state index < -0.39 is 27.9 Å². The standard InChI is InChI=1S/C27H38O6/c1-15(2)31-13-22(30)27-23(32-14-33-27)11-19-20-9-16(3)18-10-17(28)7-8-24(18,4)26(20,6)21(29)12-25(19,27)5/h7-8,10,15-16,19-21,23,29H,9,11-14H2,1-6H3/t16-,19?,20?,21?,23+,24?,25?,26+,27+/m0/s1. The summed E-state index contributed by atoms with van der Waals surface area (Å²) >= 11 is 0. The fourth-order valence-corrected chi connectivity index (χ4v) is 8.56. The van der Waals surface area contributed by atoms with E-state index in [1.165, 1.54) is 0 Å². The lowest BCUT2D eigenvalue weighted by molar-refractivity contribution is -0.215. The van der Waals surface area contributed by atoms with E-state index in [-0.39, 0.29) is 54.9 Å². The lowest BCUT2D eigenvalue weighted by atomic mass is 9.38. The Labute approximate surface area is 196 Å². The summed E-state index contributed by atoms with van der Waals surface area (Å²) in [6.07, 6.45) is 6.51. The highest BCUT2D eigenvalue weighted by molar-refractivity contribution is 6.01. The van der Waals surface area contributed by atoms with Gasteiger partial charge in [0, 0.05) is 16.2 Å². The molecule has 0 aromatic heterocycles. The van der Waals surface area contributed by atoms with Gasteiger partial charge in [-0.25, -0.2) is 0 Å². The zero-order chi connectivity index (χ0) is 24.0. The van der Waals surface area contributed by atoms with Gasteiger partial charge in [-0.15, -0.1) is 0 Å². The van der Waals surface area contributed by atoms with Crippen LogP contribution in [0.25, 0.3) is 0 Å².